The zero-order valence-electron chi connectivity index (χ0n) is 15.3. The summed E-state index contributed by atoms with van der Waals surface area (Å²) >= 11 is 0. The lowest BCUT2D eigenvalue weighted by molar-refractivity contribution is 0.182. The molecule has 2 aromatic rings. The van der Waals surface area contributed by atoms with E-state index in [2.05, 4.69) is 4.72 Å². The first-order valence-electron chi connectivity index (χ1n) is 7.95. The van der Waals surface area contributed by atoms with E-state index in [1.165, 1.54) is 26.4 Å². The van der Waals surface area contributed by atoms with Crippen LogP contribution in [0.25, 0.3) is 0 Å². The number of methoxy groups -OCH3 is 2. The van der Waals surface area contributed by atoms with Gasteiger partial charge >= 0.3 is 0 Å². The van der Waals surface area contributed by atoms with Crippen molar-refractivity contribution in [2.24, 2.45) is 0 Å². The third-order valence-corrected chi connectivity index (χ3v) is 5.37. The van der Waals surface area contributed by atoms with Gasteiger partial charge in [-0.05, 0) is 29.8 Å². The molecule has 142 valence electrons. The summed E-state index contributed by atoms with van der Waals surface area (Å²) in [5.41, 5.74) is 1.61. The highest BCUT2D eigenvalue weighted by Crippen LogP contribution is 2.28. The van der Waals surface area contributed by atoms with Gasteiger partial charge in [-0.3, -0.25) is 0 Å². The quantitative estimate of drug-likeness (QED) is 0.726. The number of hydrogen-bond donors (Lipinski definition) is 2. The molecule has 0 bridgehead atoms. The van der Waals surface area contributed by atoms with Gasteiger partial charge in [-0.15, -0.1) is 0 Å². The third kappa shape index (κ3) is 4.66. The fourth-order valence-corrected chi connectivity index (χ4v) is 3.59. The standard InChI is InChI=1S/C18H24N2O5S/c1-20(2)14-7-5-13(6-8-14)16(21)12-19-26(22,23)18-11-15(24-3)9-10-17(18)25-4/h5-11,16,19,21H,12H2,1-4H3. The molecule has 1 unspecified atom stereocenters. The number of anilines is 1. The number of rotatable bonds is 8. The summed E-state index contributed by atoms with van der Waals surface area (Å²) < 4.78 is 37.8. The van der Waals surface area contributed by atoms with Crippen LogP contribution in [0.2, 0.25) is 0 Å². The number of nitrogens with one attached hydrogen (secondary N) is 1. The maximum atomic E-state index is 12.6. The van der Waals surface area contributed by atoms with Crippen LogP contribution in [0.5, 0.6) is 11.5 Å². The summed E-state index contributed by atoms with van der Waals surface area (Å²) in [6, 6.07) is 11.7. The molecule has 8 heteroatoms. The van der Waals surface area contributed by atoms with E-state index in [1.807, 2.05) is 31.1 Å². The minimum atomic E-state index is -3.88. The van der Waals surface area contributed by atoms with Crippen molar-refractivity contribution in [1.82, 2.24) is 4.72 Å². The average molecular weight is 380 g/mol. The number of benzene rings is 2. The molecular formula is C18H24N2O5S. The largest absolute Gasteiger partial charge is 0.497 e. The van der Waals surface area contributed by atoms with Crippen molar-refractivity contribution in [3.8, 4) is 11.5 Å². The van der Waals surface area contributed by atoms with Gasteiger partial charge in [0, 0.05) is 32.4 Å². The molecule has 0 fully saturated rings. The molecule has 0 heterocycles. The minimum absolute atomic E-state index is 0.0468. The number of hydrogen-bond acceptors (Lipinski definition) is 6. The van der Waals surface area contributed by atoms with Crippen molar-refractivity contribution in [2.75, 3.05) is 39.8 Å². The van der Waals surface area contributed by atoms with E-state index in [9.17, 15) is 13.5 Å². The van der Waals surface area contributed by atoms with Gasteiger partial charge < -0.3 is 19.5 Å². The Morgan fingerprint density at radius 1 is 1.08 bits per heavy atom. The smallest absolute Gasteiger partial charge is 0.244 e. The monoisotopic (exact) mass is 380 g/mol. The van der Waals surface area contributed by atoms with Gasteiger partial charge in [-0.1, -0.05) is 12.1 Å². The number of aliphatic hydroxyl groups excluding tert-OH is 1. The van der Waals surface area contributed by atoms with E-state index in [4.69, 9.17) is 9.47 Å². The zero-order chi connectivity index (χ0) is 19.3. The molecule has 1 atom stereocenters. The number of ether oxygens (including phenoxy) is 2. The Labute approximate surface area is 154 Å². The first-order valence-corrected chi connectivity index (χ1v) is 9.44. The summed E-state index contributed by atoms with van der Waals surface area (Å²) in [6.45, 7) is -0.163. The second-order valence-corrected chi connectivity index (χ2v) is 7.61. The second kappa shape index (κ2) is 8.39. The molecule has 0 saturated carbocycles. The average Bonchev–Trinajstić information content (AvgIpc) is 2.65. The van der Waals surface area contributed by atoms with Crippen LogP contribution in [0.1, 0.15) is 11.7 Å². The minimum Gasteiger partial charge on any atom is -0.497 e. The second-order valence-electron chi connectivity index (χ2n) is 5.87. The molecule has 0 amide bonds. The van der Waals surface area contributed by atoms with Crippen LogP contribution in [0.15, 0.2) is 47.4 Å². The van der Waals surface area contributed by atoms with Gasteiger partial charge in [-0.25, -0.2) is 13.1 Å². The highest BCUT2D eigenvalue weighted by atomic mass is 32.2. The predicted molar refractivity (Wildman–Crippen MR) is 100 cm³/mol. The Morgan fingerprint density at radius 2 is 1.73 bits per heavy atom. The molecule has 2 aromatic carbocycles. The normalized spacial score (nSPS) is 12.5. The fraction of sp³-hybridized carbons (Fsp3) is 0.333. The summed E-state index contributed by atoms with van der Waals surface area (Å²) in [4.78, 5) is 1.89. The van der Waals surface area contributed by atoms with E-state index in [0.717, 1.165) is 5.69 Å². The molecular weight excluding hydrogens is 356 g/mol. The molecule has 0 aliphatic rings. The van der Waals surface area contributed by atoms with Crippen LogP contribution in [0, 0.1) is 0 Å². The molecule has 2 N–H and O–H groups in total. The van der Waals surface area contributed by atoms with Crippen molar-refractivity contribution < 1.29 is 23.0 Å². The SMILES string of the molecule is COc1ccc(OC)c(S(=O)(=O)NCC(O)c2ccc(N(C)C)cc2)c1. The molecule has 0 aliphatic carbocycles. The molecule has 0 radical (unpaired) electrons. The van der Waals surface area contributed by atoms with Gasteiger partial charge in [0.05, 0.1) is 20.3 Å². The predicted octanol–water partition coefficient (Wildman–Crippen LogP) is 1.78. The van der Waals surface area contributed by atoms with Crippen molar-refractivity contribution in [2.45, 2.75) is 11.0 Å². The van der Waals surface area contributed by atoms with Gasteiger partial charge in [0.15, 0.2) is 0 Å². The summed E-state index contributed by atoms with van der Waals surface area (Å²) in [5, 5.41) is 10.3. The van der Waals surface area contributed by atoms with Crippen LogP contribution < -0.4 is 19.1 Å². The van der Waals surface area contributed by atoms with Crippen molar-refractivity contribution >= 4 is 15.7 Å². The molecule has 0 spiro atoms. The van der Waals surface area contributed by atoms with Gasteiger partial charge in [0.2, 0.25) is 10.0 Å². The Kier molecular flexibility index (Phi) is 6.47. The van der Waals surface area contributed by atoms with Crippen LogP contribution in [0.3, 0.4) is 0 Å². The highest BCUT2D eigenvalue weighted by Gasteiger charge is 2.22. The van der Waals surface area contributed by atoms with Crippen molar-refractivity contribution in [1.29, 1.82) is 0 Å². The Morgan fingerprint density at radius 3 is 2.27 bits per heavy atom. The number of sulfonamides is 1. The summed E-state index contributed by atoms with van der Waals surface area (Å²) in [5.74, 6) is 0.592. The van der Waals surface area contributed by atoms with Crippen LogP contribution >= 0.6 is 0 Å². The van der Waals surface area contributed by atoms with Crippen molar-refractivity contribution in [3.63, 3.8) is 0 Å². The lowest BCUT2D eigenvalue weighted by atomic mass is 10.1. The maximum absolute atomic E-state index is 12.6. The lowest BCUT2D eigenvalue weighted by Crippen LogP contribution is -2.29. The molecule has 0 aliphatic heterocycles. The van der Waals surface area contributed by atoms with Crippen LogP contribution in [0.4, 0.5) is 5.69 Å². The maximum Gasteiger partial charge on any atom is 0.244 e. The lowest BCUT2D eigenvalue weighted by Gasteiger charge is -2.16. The molecule has 26 heavy (non-hydrogen) atoms. The van der Waals surface area contributed by atoms with Gasteiger partial charge in [-0.2, -0.15) is 0 Å². The Bertz CT molecular complexity index is 835. The van der Waals surface area contributed by atoms with Crippen LogP contribution in [-0.4, -0.2) is 48.4 Å². The van der Waals surface area contributed by atoms with E-state index in [-0.39, 0.29) is 17.2 Å². The number of aliphatic hydroxyl groups is 1. The van der Waals surface area contributed by atoms with Gasteiger partial charge in [0.25, 0.3) is 0 Å². The first-order chi connectivity index (χ1) is 12.3. The topological polar surface area (TPSA) is 88.1 Å². The van der Waals surface area contributed by atoms with E-state index in [0.29, 0.717) is 11.3 Å². The number of nitrogens with zero attached hydrogens (tertiary/aromatic N) is 1. The van der Waals surface area contributed by atoms with E-state index in [1.54, 1.807) is 18.2 Å². The molecule has 2 rings (SSSR count). The highest BCUT2D eigenvalue weighted by molar-refractivity contribution is 7.89. The van der Waals surface area contributed by atoms with E-state index >= 15 is 0 Å². The third-order valence-electron chi connectivity index (χ3n) is 3.92. The Balaban J connectivity index is 2.14. The summed E-state index contributed by atoms with van der Waals surface area (Å²) in [6.07, 6.45) is -0.974. The summed E-state index contributed by atoms with van der Waals surface area (Å²) in [7, 11) is 2.79. The zero-order valence-corrected chi connectivity index (χ0v) is 16.1. The first kappa shape index (κ1) is 20.0. The molecule has 0 saturated heterocycles. The molecule has 7 nitrogen and oxygen atoms in total. The van der Waals surface area contributed by atoms with Gasteiger partial charge in [0.1, 0.15) is 16.4 Å². The van der Waals surface area contributed by atoms with E-state index < -0.39 is 16.1 Å². The molecule has 0 aromatic heterocycles. The Hall–Kier alpha value is -2.29. The van der Waals surface area contributed by atoms with Crippen LogP contribution in [-0.2, 0) is 10.0 Å². The fourth-order valence-electron chi connectivity index (χ4n) is 2.37. The van der Waals surface area contributed by atoms with Crippen molar-refractivity contribution in [3.05, 3.63) is 48.0 Å².